The number of fused-ring (bicyclic) bond motifs is 2. The molecule has 0 atom stereocenters. The van der Waals surface area contributed by atoms with E-state index in [0.29, 0.717) is 6.54 Å². The van der Waals surface area contributed by atoms with Crippen LogP contribution in [0.3, 0.4) is 0 Å². The second kappa shape index (κ2) is 9.47. The van der Waals surface area contributed by atoms with Gasteiger partial charge in [0.25, 0.3) is 0 Å². The number of carbonyl (C=O) groups is 1. The standard InChI is InChI=1S/C29H32N6O/c1-19(36)35-13-10-28-26(18-35)29(33-34(28)2)24-5-3-4-21-15-27(32-17-25(21)24)22-6-7-23(31-16-22)14-20-8-11-30-12-9-20/h3-7,15-17,20,30H,8-14,18H2,1-2H3. The van der Waals surface area contributed by atoms with E-state index in [1.54, 1.807) is 6.92 Å². The van der Waals surface area contributed by atoms with Gasteiger partial charge in [0.2, 0.25) is 5.91 Å². The zero-order valence-corrected chi connectivity index (χ0v) is 21.0. The first-order valence-corrected chi connectivity index (χ1v) is 12.9. The highest BCUT2D eigenvalue weighted by Gasteiger charge is 2.26. The summed E-state index contributed by atoms with van der Waals surface area (Å²) in [6.07, 6.45) is 8.24. The second-order valence-corrected chi connectivity index (χ2v) is 10.1. The van der Waals surface area contributed by atoms with Crippen LogP contribution in [0.1, 0.15) is 36.7 Å². The molecule has 0 saturated carbocycles. The van der Waals surface area contributed by atoms with Gasteiger partial charge < -0.3 is 10.2 Å². The van der Waals surface area contributed by atoms with Gasteiger partial charge in [-0.05, 0) is 61.9 Å². The first-order chi connectivity index (χ1) is 17.6. The third kappa shape index (κ3) is 4.28. The quantitative estimate of drug-likeness (QED) is 0.475. The van der Waals surface area contributed by atoms with Gasteiger partial charge in [-0.3, -0.25) is 19.4 Å². The van der Waals surface area contributed by atoms with Crippen molar-refractivity contribution < 1.29 is 4.79 Å². The minimum atomic E-state index is 0.107. The zero-order valence-electron chi connectivity index (χ0n) is 21.0. The number of rotatable bonds is 4. The molecule has 1 amide bonds. The highest BCUT2D eigenvalue weighted by Crippen LogP contribution is 2.35. The van der Waals surface area contributed by atoms with Crippen molar-refractivity contribution in [2.24, 2.45) is 13.0 Å². The molecule has 1 N–H and O–H groups in total. The smallest absolute Gasteiger partial charge is 0.219 e. The molecule has 4 aromatic rings. The lowest BCUT2D eigenvalue weighted by molar-refractivity contribution is -0.129. The number of amides is 1. The van der Waals surface area contributed by atoms with Gasteiger partial charge in [-0.25, -0.2) is 0 Å². The Labute approximate surface area is 211 Å². The summed E-state index contributed by atoms with van der Waals surface area (Å²) < 4.78 is 1.97. The molecule has 1 fully saturated rings. The van der Waals surface area contributed by atoms with E-state index in [-0.39, 0.29) is 5.91 Å². The first kappa shape index (κ1) is 22.9. The molecule has 1 saturated heterocycles. The van der Waals surface area contributed by atoms with Gasteiger partial charge in [-0.2, -0.15) is 5.10 Å². The minimum absolute atomic E-state index is 0.107. The molecule has 0 unspecified atom stereocenters. The molecule has 36 heavy (non-hydrogen) atoms. The van der Waals surface area contributed by atoms with E-state index >= 15 is 0 Å². The number of nitrogens with one attached hydrogen (secondary N) is 1. The molecule has 1 aromatic carbocycles. The molecule has 2 aliphatic rings. The second-order valence-electron chi connectivity index (χ2n) is 10.1. The summed E-state index contributed by atoms with van der Waals surface area (Å²) in [6.45, 7) is 5.21. The molecule has 5 heterocycles. The SMILES string of the molecule is CC(=O)N1CCc2c(c(-c3cccc4cc(-c5ccc(CC6CCNCC6)nc5)ncc34)nn2C)C1. The lowest BCUT2D eigenvalue weighted by Crippen LogP contribution is -2.34. The van der Waals surface area contributed by atoms with E-state index in [4.69, 9.17) is 15.1 Å². The Balaban J connectivity index is 1.31. The maximum Gasteiger partial charge on any atom is 0.219 e. The molecular weight excluding hydrogens is 448 g/mol. The predicted octanol–water partition coefficient (Wildman–Crippen LogP) is 4.14. The largest absolute Gasteiger partial charge is 0.338 e. The molecule has 6 rings (SSSR count). The van der Waals surface area contributed by atoms with Crippen molar-refractivity contribution in [1.82, 2.24) is 30.0 Å². The Morgan fingerprint density at radius 3 is 2.75 bits per heavy atom. The molecule has 184 valence electrons. The van der Waals surface area contributed by atoms with E-state index < -0.39 is 0 Å². The van der Waals surface area contributed by atoms with Crippen LogP contribution >= 0.6 is 0 Å². The maximum absolute atomic E-state index is 12.0. The monoisotopic (exact) mass is 480 g/mol. The number of hydrogen-bond acceptors (Lipinski definition) is 5. The Kier molecular flexibility index (Phi) is 6.01. The summed E-state index contributed by atoms with van der Waals surface area (Å²) in [4.78, 5) is 23.5. The molecular formula is C29H32N6O. The van der Waals surface area contributed by atoms with Crippen LogP contribution < -0.4 is 5.32 Å². The summed E-state index contributed by atoms with van der Waals surface area (Å²) in [6, 6.07) is 12.7. The summed E-state index contributed by atoms with van der Waals surface area (Å²) >= 11 is 0. The van der Waals surface area contributed by atoms with Gasteiger partial charge in [0.05, 0.1) is 11.4 Å². The van der Waals surface area contributed by atoms with Crippen molar-refractivity contribution in [3.63, 3.8) is 0 Å². The fourth-order valence-electron chi connectivity index (χ4n) is 5.69. The van der Waals surface area contributed by atoms with Crippen LogP contribution in [-0.2, 0) is 31.2 Å². The number of hydrogen-bond donors (Lipinski definition) is 1. The lowest BCUT2D eigenvalue weighted by atomic mass is 9.93. The number of aromatic nitrogens is 4. The molecule has 2 aliphatic heterocycles. The number of carbonyl (C=O) groups excluding carboxylic acids is 1. The van der Waals surface area contributed by atoms with Crippen LogP contribution in [-0.4, -0.2) is 50.2 Å². The molecule has 7 nitrogen and oxygen atoms in total. The predicted molar refractivity (Wildman–Crippen MR) is 141 cm³/mol. The average Bonchev–Trinajstić information content (AvgIpc) is 3.24. The minimum Gasteiger partial charge on any atom is -0.338 e. The van der Waals surface area contributed by atoms with Gasteiger partial charge >= 0.3 is 0 Å². The van der Waals surface area contributed by atoms with Gasteiger partial charge in [-0.15, -0.1) is 0 Å². The van der Waals surface area contributed by atoms with Crippen LogP contribution in [0.5, 0.6) is 0 Å². The fourth-order valence-corrected chi connectivity index (χ4v) is 5.69. The summed E-state index contributed by atoms with van der Waals surface area (Å²) in [5.41, 5.74) is 7.47. The van der Waals surface area contributed by atoms with Gasteiger partial charge in [-0.1, -0.05) is 18.2 Å². The first-order valence-electron chi connectivity index (χ1n) is 12.9. The molecule has 0 spiro atoms. The van der Waals surface area contributed by atoms with Crippen molar-refractivity contribution in [3.8, 4) is 22.5 Å². The molecule has 7 heteroatoms. The maximum atomic E-state index is 12.0. The van der Waals surface area contributed by atoms with Crippen LogP contribution in [0.4, 0.5) is 0 Å². The van der Waals surface area contributed by atoms with E-state index in [1.807, 2.05) is 29.0 Å². The van der Waals surface area contributed by atoms with Crippen LogP contribution in [0, 0.1) is 5.92 Å². The zero-order chi connectivity index (χ0) is 24.6. The van der Waals surface area contributed by atoms with Crippen molar-refractivity contribution in [2.75, 3.05) is 19.6 Å². The molecule has 0 radical (unpaired) electrons. The Bertz CT molecular complexity index is 1420. The number of pyridine rings is 2. The molecule has 0 bridgehead atoms. The third-order valence-corrected chi connectivity index (χ3v) is 7.78. The van der Waals surface area contributed by atoms with Gasteiger partial charge in [0, 0.05) is 79.3 Å². The number of aryl methyl sites for hydroxylation is 1. The highest BCUT2D eigenvalue weighted by atomic mass is 16.2. The summed E-state index contributed by atoms with van der Waals surface area (Å²) in [5, 5.41) is 10.5. The molecule has 3 aromatic heterocycles. The van der Waals surface area contributed by atoms with E-state index in [0.717, 1.165) is 82.9 Å². The Hall–Kier alpha value is -3.58. The van der Waals surface area contributed by atoms with E-state index in [2.05, 4.69) is 41.7 Å². The topological polar surface area (TPSA) is 75.9 Å². The van der Waals surface area contributed by atoms with Crippen LogP contribution in [0.25, 0.3) is 33.3 Å². The fraction of sp³-hybridized carbons (Fsp3) is 0.379. The number of nitrogens with zero attached hydrogens (tertiary/aromatic N) is 5. The Morgan fingerprint density at radius 2 is 1.97 bits per heavy atom. The van der Waals surface area contributed by atoms with Crippen molar-refractivity contribution in [2.45, 2.75) is 39.2 Å². The summed E-state index contributed by atoms with van der Waals surface area (Å²) in [7, 11) is 2.00. The van der Waals surface area contributed by atoms with Crippen molar-refractivity contribution in [1.29, 1.82) is 0 Å². The van der Waals surface area contributed by atoms with Crippen LogP contribution in [0.15, 0.2) is 48.8 Å². The number of benzene rings is 1. The van der Waals surface area contributed by atoms with Crippen molar-refractivity contribution in [3.05, 3.63) is 65.7 Å². The normalized spacial score (nSPS) is 16.3. The Morgan fingerprint density at radius 1 is 1.11 bits per heavy atom. The van der Waals surface area contributed by atoms with E-state index in [1.165, 1.54) is 18.5 Å². The third-order valence-electron chi connectivity index (χ3n) is 7.78. The number of piperidine rings is 1. The van der Waals surface area contributed by atoms with Gasteiger partial charge in [0.15, 0.2) is 0 Å². The van der Waals surface area contributed by atoms with Gasteiger partial charge in [0.1, 0.15) is 0 Å². The lowest BCUT2D eigenvalue weighted by Gasteiger charge is -2.26. The van der Waals surface area contributed by atoms with Crippen LogP contribution in [0.2, 0.25) is 0 Å². The highest BCUT2D eigenvalue weighted by molar-refractivity contribution is 5.97. The molecule has 0 aliphatic carbocycles. The average molecular weight is 481 g/mol. The van der Waals surface area contributed by atoms with E-state index in [9.17, 15) is 4.79 Å². The summed E-state index contributed by atoms with van der Waals surface area (Å²) in [5.74, 6) is 0.830. The van der Waals surface area contributed by atoms with Crippen molar-refractivity contribution >= 4 is 16.7 Å².